The summed E-state index contributed by atoms with van der Waals surface area (Å²) in [4.78, 5) is 4.66. The molecule has 2 atom stereocenters. The molecule has 1 fully saturated rings. The summed E-state index contributed by atoms with van der Waals surface area (Å²) in [5, 5.41) is 11.1. The van der Waals surface area contributed by atoms with Crippen molar-refractivity contribution in [2.75, 3.05) is 51.3 Å². The predicted molar refractivity (Wildman–Crippen MR) is 113 cm³/mol. The number of nitrogens with zero attached hydrogens (tertiary/aromatic N) is 2. The number of rotatable bonds is 8. The van der Waals surface area contributed by atoms with Crippen molar-refractivity contribution in [2.45, 2.75) is 19.1 Å². The van der Waals surface area contributed by atoms with Gasteiger partial charge < -0.3 is 19.5 Å². The molecule has 6 heteroatoms. The van der Waals surface area contributed by atoms with Gasteiger partial charge in [0.25, 0.3) is 0 Å². The summed E-state index contributed by atoms with van der Waals surface area (Å²) in [5.74, 6) is 0.873. The number of ether oxygens (including phenoxy) is 2. The Morgan fingerprint density at radius 1 is 1.00 bits per heavy atom. The van der Waals surface area contributed by atoms with Gasteiger partial charge in [-0.1, -0.05) is 23.7 Å². The van der Waals surface area contributed by atoms with Crippen molar-refractivity contribution in [1.82, 2.24) is 4.90 Å². The van der Waals surface area contributed by atoms with E-state index in [4.69, 9.17) is 21.1 Å². The standard InChI is InChI=1S/C22H29ClN2O3/c1-17(18-3-5-19(23)6-4-18)28-16-21(26)15-24-11-13-25(14-12-24)20-7-9-22(27-2)10-8-20/h3-10,17,21,26H,11-16H2,1-2H3. The molecule has 2 aromatic rings. The summed E-state index contributed by atoms with van der Waals surface area (Å²) in [6, 6.07) is 15.8. The van der Waals surface area contributed by atoms with Crippen LogP contribution in [0.25, 0.3) is 0 Å². The third kappa shape index (κ3) is 5.85. The molecular weight excluding hydrogens is 376 g/mol. The highest BCUT2D eigenvalue weighted by Crippen LogP contribution is 2.21. The van der Waals surface area contributed by atoms with Crippen LogP contribution in [0.3, 0.4) is 0 Å². The average molecular weight is 405 g/mol. The smallest absolute Gasteiger partial charge is 0.119 e. The fourth-order valence-electron chi connectivity index (χ4n) is 3.42. The Hall–Kier alpha value is -1.79. The van der Waals surface area contributed by atoms with E-state index in [1.54, 1.807) is 7.11 Å². The first-order valence-electron chi connectivity index (χ1n) is 9.71. The van der Waals surface area contributed by atoms with Crippen LogP contribution in [0.1, 0.15) is 18.6 Å². The molecule has 0 spiro atoms. The fraction of sp³-hybridized carbons (Fsp3) is 0.455. The molecule has 3 rings (SSSR count). The summed E-state index contributed by atoms with van der Waals surface area (Å²) >= 11 is 5.92. The van der Waals surface area contributed by atoms with Crippen molar-refractivity contribution in [2.24, 2.45) is 0 Å². The van der Waals surface area contributed by atoms with Gasteiger partial charge in [-0.3, -0.25) is 4.90 Å². The van der Waals surface area contributed by atoms with Gasteiger partial charge in [0.1, 0.15) is 5.75 Å². The summed E-state index contributed by atoms with van der Waals surface area (Å²) in [6.45, 7) is 6.68. The number of benzene rings is 2. The molecule has 0 bridgehead atoms. The second-order valence-electron chi connectivity index (χ2n) is 7.17. The highest BCUT2D eigenvalue weighted by Gasteiger charge is 2.20. The maximum atomic E-state index is 10.4. The number of aliphatic hydroxyl groups excluding tert-OH is 1. The number of halogens is 1. The number of methoxy groups -OCH3 is 1. The van der Waals surface area contributed by atoms with E-state index in [1.807, 2.05) is 43.3 Å². The minimum Gasteiger partial charge on any atom is -0.497 e. The zero-order valence-corrected chi connectivity index (χ0v) is 17.3. The van der Waals surface area contributed by atoms with Gasteiger partial charge in [0.05, 0.1) is 25.9 Å². The number of piperazine rings is 1. The third-order valence-electron chi connectivity index (χ3n) is 5.16. The van der Waals surface area contributed by atoms with Gasteiger partial charge in [0.2, 0.25) is 0 Å². The van der Waals surface area contributed by atoms with E-state index in [1.165, 1.54) is 5.69 Å². The molecule has 0 aromatic heterocycles. The predicted octanol–water partition coefficient (Wildman–Crippen LogP) is 3.61. The molecule has 0 amide bonds. The van der Waals surface area contributed by atoms with Gasteiger partial charge in [-0.25, -0.2) is 0 Å². The molecule has 2 unspecified atom stereocenters. The molecule has 1 aliphatic heterocycles. The van der Waals surface area contributed by atoms with Gasteiger partial charge in [-0.15, -0.1) is 0 Å². The first-order chi connectivity index (χ1) is 13.5. The first kappa shape index (κ1) is 20.9. The number of anilines is 1. The maximum absolute atomic E-state index is 10.4. The van der Waals surface area contributed by atoms with Crippen LogP contribution in [-0.2, 0) is 4.74 Å². The molecule has 0 aliphatic carbocycles. The van der Waals surface area contributed by atoms with Gasteiger partial charge in [0.15, 0.2) is 0 Å². The summed E-state index contributed by atoms with van der Waals surface area (Å²) in [6.07, 6.45) is -0.568. The van der Waals surface area contributed by atoms with Crippen LogP contribution in [0, 0.1) is 0 Å². The van der Waals surface area contributed by atoms with E-state index in [9.17, 15) is 5.11 Å². The summed E-state index contributed by atoms with van der Waals surface area (Å²) < 4.78 is 11.1. The zero-order valence-electron chi connectivity index (χ0n) is 16.6. The lowest BCUT2D eigenvalue weighted by atomic mass is 10.1. The molecule has 0 radical (unpaired) electrons. The Labute approximate surface area is 172 Å². The monoisotopic (exact) mass is 404 g/mol. The topological polar surface area (TPSA) is 45.2 Å². The number of β-amino-alcohol motifs (C(OH)–C–C–N with tert-alkyl or cyclic N) is 1. The molecule has 1 saturated heterocycles. The quantitative estimate of drug-likeness (QED) is 0.728. The van der Waals surface area contributed by atoms with Crippen LogP contribution >= 0.6 is 11.6 Å². The lowest BCUT2D eigenvalue weighted by Gasteiger charge is -2.37. The molecule has 0 saturated carbocycles. The van der Waals surface area contributed by atoms with Crippen molar-refractivity contribution in [1.29, 1.82) is 0 Å². The largest absolute Gasteiger partial charge is 0.497 e. The zero-order chi connectivity index (χ0) is 19.9. The van der Waals surface area contributed by atoms with Crippen LogP contribution in [0.5, 0.6) is 5.75 Å². The summed E-state index contributed by atoms with van der Waals surface area (Å²) in [7, 11) is 1.68. The second kappa shape index (κ2) is 10.1. The number of aliphatic hydroxyl groups is 1. The first-order valence-corrected chi connectivity index (χ1v) is 10.1. The van der Waals surface area contributed by atoms with Crippen LogP contribution in [-0.4, -0.2) is 62.6 Å². The fourth-order valence-corrected chi connectivity index (χ4v) is 3.54. The van der Waals surface area contributed by atoms with Crippen molar-refractivity contribution in [3.05, 3.63) is 59.1 Å². The van der Waals surface area contributed by atoms with Crippen LogP contribution in [0.4, 0.5) is 5.69 Å². The molecule has 1 heterocycles. The highest BCUT2D eigenvalue weighted by atomic mass is 35.5. The Bertz CT molecular complexity index is 716. The molecule has 1 N–H and O–H groups in total. The molecule has 5 nitrogen and oxygen atoms in total. The molecular formula is C22H29ClN2O3. The lowest BCUT2D eigenvalue weighted by Crippen LogP contribution is -2.49. The SMILES string of the molecule is COc1ccc(N2CCN(CC(O)COC(C)c3ccc(Cl)cc3)CC2)cc1. The van der Waals surface area contributed by atoms with Crippen molar-refractivity contribution in [3.63, 3.8) is 0 Å². The van der Waals surface area contributed by atoms with Crippen LogP contribution in [0.15, 0.2) is 48.5 Å². The number of hydrogen-bond donors (Lipinski definition) is 1. The van der Waals surface area contributed by atoms with Gasteiger partial charge in [0, 0.05) is 43.4 Å². The van der Waals surface area contributed by atoms with E-state index in [-0.39, 0.29) is 6.10 Å². The number of hydrogen-bond acceptors (Lipinski definition) is 5. The van der Waals surface area contributed by atoms with Crippen molar-refractivity contribution >= 4 is 17.3 Å². The Morgan fingerprint density at radius 3 is 2.25 bits per heavy atom. The van der Waals surface area contributed by atoms with E-state index in [2.05, 4.69) is 21.9 Å². The normalized spacial score (nSPS) is 17.4. The van der Waals surface area contributed by atoms with Gasteiger partial charge in [-0.05, 0) is 48.9 Å². The van der Waals surface area contributed by atoms with Gasteiger partial charge in [-0.2, -0.15) is 0 Å². The Morgan fingerprint density at radius 2 is 1.64 bits per heavy atom. The van der Waals surface area contributed by atoms with Crippen molar-refractivity contribution < 1.29 is 14.6 Å². The summed E-state index contributed by atoms with van der Waals surface area (Å²) in [5.41, 5.74) is 2.27. The molecule has 28 heavy (non-hydrogen) atoms. The third-order valence-corrected chi connectivity index (χ3v) is 5.41. The second-order valence-corrected chi connectivity index (χ2v) is 7.60. The lowest BCUT2D eigenvalue weighted by molar-refractivity contribution is -0.0162. The minimum absolute atomic E-state index is 0.0705. The maximum Gasteiger partial charge on any atom is 0.119 e. The molecule has 152 valence electrons. The Kier molecular flexibility index (Phi) is 7.57. The molecule has 2 aromatic carbocycles. The highest BCUT2D eigenvalue weighted by molar-refractivity contribution is 6.30. The van der Waals surface area contributed by atoms with Gasteiger partial charge >= 0.3 is 0 Å². The minimum atomic E-state index is -0.498. The van der Waals surface area contributed by atoms with Crippen LogP contribution < -0.4 is 9.64 Å². The van der Waals surface area contributed by atoms with Crippen molar-refractivity contribution in [3.8, 4) is 5.75 Å². The average Bonchev–Trinajstić information content (AvgIpc) is 2.73. The molecule has 1 aliphatic rings. The van der Waals surface area contributed by atoms with Crippen LogP contribution in [0.2, 0.25) is 5.02 Å². The van der Waals surface area contributed by atoms with E-state index in [0.717, 1.165) is 37.5 Å². The van der Waals surface area contributed by atoms with E-state index >= 15 is 0 Å². The van der Waals surface area contributed by atoms with E-state index < -0.39 is 6.10 Å². The Balaban J connectivity index is 1.39. The van der Waals surface area contributed by atoms with E-state index in [0.29, 0.717) is 18.2 Å².